The van der Waals surface area contributed by atoms with Gasteiger partial charge in [-0.2, -0.15) is 0 Å². The lowest BCUT2D eigenvalue weighted by Crippen LogP contribution is -2.38. The van der Waals surface area contributed by atoms with Crippen molar-refractivity contribution in [1.29, 1.82) is 0 Å². The molecule has 1 aliphatic heterocycles. The molecule has 0 saturated carbocycles. The molecular formula is C17H28N2O2. The number of hydrogen-bond acceptors (Lipinski definition) is 4. The van der Waals surface area contributed by atoms with Gasteiger partial charge in [0.05, 0.1) is 13.2 Å². The van der Waals surface area contributed by atoms with E-state index in [-0.39, 0.29) is 0 Å². The normalized spacial score (nSPS) is 17.6. The summed E-state index contributed by atoms with van der Waals surface area (Å²) in [6.07, 6.45) is 1.10. The van der Waals surface area contributed by atoms with Crippen LogP contribution in [0.2, 0.25) is 0 Å². The minimum absolute atomic E-state index is 0.442. The topological polar surface area (TPSA) is 33.7 Å². The molecule has 1 unspecified atom stereocenters. The summed E-state index contributed by atoms with van der Waals surface area (Å²) in [5, 5.41) is 3.49. The molecule has 1 N–H and O–H groups in total. The molecule has 0 radical (unpaired) electrons. The van der Waals surface area contributed by atoms with E-state index in [0.29, 0.717) is 6.04 Å². The van der Waals surface area contributed by atoms with E-state index < -0.39 is 0 Å². The van der Waals surface area contributed by atoms with E-state index in [4.69, 9.17) is 9.47 Å². The largest absolute Gasteiger partial charge is 0.492 e. The third-order valence-corrected chi connectivity index (χ3v) is 3.92. The Morgan fingerprint density at radius 3 is 2.52 bits per heavy atom. The van der Waals surface area contributed by atoms with Crippen molar-refractivity contribution in [2.24, 2.45) is 0 Å². The Morgan fingerprint density at radius 1 is 1.19 bits per heavy atom. The fraction of sp³-hybridized carbons (Fsp3) is 0.647. The number of nitrogens with zero attached hydrogens (tertiary/aromatic N) is 1. The molecule has 2 rings (SSSR count). The molecule has 1 aromatic carbocycles. The molecule has 4 heteroatoms. The van der Waals surface area contributed by atoms with E-state index in [0.717, 1.165) is 58.2 Å². The quantitative estimate of drug-likeness (QED) is 0.798. The van der Waals surface area contributed by atoms with Crippen LogP contribution >= 0.6 is 0 Å². The lowest BCUT2D eigenvalue weighted by atomic mass is 10.0. The average molecular weight is 292 g/mol. The third kappa shape index (κ3) is 5.30. The fourth-order valence-electron chi connectivity index (χ4n) is 2.66. The minimum atomic E-state index is 0.442. The zero-order chi connectivity index (χ0) is 14.9. The van der Waals surface area contributed by atoms with Crippen LogP contribution in [0, 0.1) is 0 Å². The van der Waals surface area contributed by atoms with Gasteiger partial charge in [-0.15, -0.1) is 0 Å². The highest BCUT2D eigenvalue weighted by Crippen LogP contribution is 2.20. The van der Waals surface area contributed by atoms with E-state index in [1.54, 1.807) is 0 Å². The van der Waals surface area contributed by atoms with Crippen LogP contribution in [0.3, 0.4) is 0 Å². The van der Waals surface area contributed by atoms with E-state index in [1.807, 2.05) is 0 Å². The molecule has 21 heavy (non-hydrogen) atoms. The van der Waals surface area contributed by atoms with Crippen molar-refractivity contribution in [3.8, 4) is 5.75 Å². The summed E-state index contributed by atoms with van der Waals surface area (Å²) in [6, 6.07) is 8.93. The van der Waals surface area contributed by atoms with Crippen LogP contribution in [-0.2, 0) is 4.74 Å². The molecule has 1 fully saturated rings. The van der Waals surface area contributed by atoms with Crippen LogP contribution in [0.15, 0.2) is 24.3 Å². The molecule has 0 aromatic heterocycles. The second-order valence-corrected chi connectivity index (χ2v) is 5.39. The van der Waals surface area contributed by atoms with Crippen LogP contribution < -0.4 is 10.1 Å². The second-order valence-electron chi connectivity index (χ2n) is 5.39. The molecule has 4 nitrogen and oxygen atoms in total. The molecule has 0 bridgehead atoms. The van der Waals surface area contributed by atoms with Gasteiger partial charge in [0.25, 0.3) is 0 Å². The summed E-state index contributed by atoms with van der Waals surface area (Å²) in [6.45, 7) is 10.8. The van der Waals surface area contributed by atoms with Crippen molar-refractivity contribution in [2.75, 3.05) is 46.0 Å². The minimum Gasteiger partial charge on any atom is -0.492 e. The Hall–Kier alpha value is -1.10. The van der Waals surface area contributed by atoms with Gasteiger partial charge in [0.1, 0.15) is 12.4 Å². The summed E-state index contributed by atoms with van der Waals surface area (Å²) >= 11 is 0. The first-order chi connectivity index (χ1) is 10.3. The summed E-state index contributed by atoms with van der Waals surface area (Å²) in [5.74, 6) is 0.957. The third-order valence-electron chi connectivity index (χ3n) is 3.92. The van der Waals surface area contributed by atoms with Gasteiger partial charge >= 0.3 is 0 Å². The SMILES string of the molecule is CCNC(CC)c1ccc(OCCN2CCOCC2)cc1. The number of morpholine rings is 1. The standard InChI is InChI=1S/C17H28N2O2/c1-3-17(18-4-2)15-5-7-16(8-6-15)21-14-11-19-9-12-20-13-10-19/h5-8,17-18H,3-4,9-14H2,1-2H3. The average Bonchev–Trinajstić information content (AvgIpc) is 2.54. The van der Waals surface area contributed by atoms with Gasteiger partial charge in [-0.05, 0) is 30.7 Å². The van der Waals surface area contributed by atoms with Gasteiger partial charge in [-0.1, -0.05) is 26.0 Å². The number of hydrogen-bond donors (Lipinski definition) is 1. The maximum Gasteiger partial charge on any atom is 0.119 e. The van der Waals surface area contributed by atoms with E-state index >= 15 is 0 Å². The van der Waals surface area contributed by atoms with Crippen LogP contribution in [0.1, 0.15) is 31.9 Å². The van der Waals surface area contributed by atoms with E-state index in [9.17, 15) is 0 Å². The summed E-state index contributed by atoms with van der Waals surface area (Å²) in [5.41, 5.74) is 1.33. The maximum absolute atomic E-state index is 5.83. The van der Waals surface area contributed by atoms with Gasteiger partial charge in [-0.3, -0.25) is 4.90 Å². The summed E-state index contributed by atoms with van der Waals surface area (Å²) < 4.78 is 11.2. The predicted octanol–water partition coefficient (Wildman–Crippen LogP) is 2.46. The first-order valence-corrected chi connectivity index (χ1v) is 8.09. The highest BCUT2D eigenvalue weighted by Gasteiger charge is 2.10. The van der Waals surface area contributed by atoms with E-state index in [2.05, 4.69) is 48.3 Å². The molecule has 1 atom stereocenters. The lowest BCUT2D eigenvalue weighted by Gasteiger charge is -2.26. The fourth-order valence-corrected chi connectivity index (χ4v) is 2.66. The van der Waals surface area contributed by atoms with Crippen molar-refractivity contribution in [3.05, 3.63) is 29.8 Å². The highest BCUT2D eigenvalue weighted by molar-refractivity contribution is 5.29. The molecule has 1 aromatic rings. The number of ether oxygens (including phenoxy) is 2. The first kappa shape index (κ1) is 16.3. The highest BCUT2D eigenvalue weighted by atomic mass is 16.5. The van der Waals surface area contributed by atoms with Gasteiger partial charge in [0.2, 0.25) is 0 Å². The van der Waals surface area contributed by atoms with Crippen molar-refractivity contribution < 1.29 is 9.47 Å². The van der Waals surface area contributed by atoms with Crippen molar-refractivity contribution in [1.82, 2.24) is 10.2 Å². The van der Waals surface area contributed by atoms with Crippen LogP contribution in [-0.4, -0.2) is 50.9 Å². The summed E-state index contributed by atoms with van der Waals surface area (Å²) in [4.78, 5) is 2.39. The van der Waals surface area contributed by atoms with Gasteiger partial charge in [-0.25, -0.2) is 0 Å². The smallest absolute Gasteiger partial charge is 0.119 e. The molecule has 0 aliphatic carbocycles. The lowest BCUT2D eigenvalue weighted by molar-refractivity contribution is 0.0322. The molecule has 1 heterocycles. The molecule has 0 amide bonds. The Labute approximate surface area is 128 Å². The molecular weight excluding hydrogens is 264 g/mol. The number of benzene rings is 1. The van der Waals surface area contributed by atoms with Crippen molar-refractivity contribution in [2.45, 2.75) is 26.3 Å². The van der Waals surface area contributed by atoms with Gasteiger partial charge in [0, 0.05) is 25.7 Å². The number of rotatable bonds is 8. The second kappa shape index (κ2) is 9.03. The van der Waals surface area contributed by atoms with Crippen LogP contribution in [0.25, 0.3) is 0 Å². The van der Waals surface area contributed by atoms with Gasteiger partial charge in [0.15, 0.2) is 0 Å². The molecule has 1 aliphatic rings. The van der Waals surface area contributed by atoms with Crippen LogP contribution in [0.4, 0.5) is 0 Å². The van der Waals surface area contributed by atoms with E-state index in [1.165, 1.54) is 5.56 Å². The molecule has 0 spiro atoms. The Kier molecular flexibility index (Phi) is 7.00. The molecule has 1 saturated heterocycles. The number of nitrogens with one attached hydrogen (secondary N) is 1. The summed E-state index contributed by atoms with van der Waals surface area (Å²) in [7, 11) is 0. The van der Waals surface area contributed by atoms with Crippen LogP contribution in [0.5, 0.6) is 5.75 Å². The Bertz CT molecular complexity index is 388. The molecule has 118 valence electrons. The zero-order valence-corrected chi connectivity index (χ0v) is 13.3. The predicted molar refractivity (Wildman–Crippen MR) is 85.9 cm³/mol. The van der Waals surface area contributed by atoms with Crippen molar-refractivity contribution >= 4 is 0 Å². The first-order valence-electron chi connectivity index (χ1n) is 8.09. The Balaban J connectivity index is 1.76. The monoisotopic (exact) mass is 292 g/mol. The van der Waals surface area contributed by atoms with Gasteiger partial charge < -0.3 is 14.8 Å². The van der Waals surface area contributed by atoms with Crippen molar-refractivity contribution in [3.63, 3.8) is 0 Å². The Morgan fingerprint density at radius 2 is 1.90 bits per heavy atom. The zero-order valence-electron chi connectivity index (χ0n) is 13.3. The maximum atomic E-state index is 5.83.